The zero-order chi connectivity index (χ0) is 9.68. The predicted octanol–water partition coefficient (Wildman–Crippen LogP) is 1.01. The first-order valence-electron chi connectivity index (χ1n) is 4.70. The lowest BCUT2D eigenvalue weighted by molar-refractivity contribution is 0.723. The number of nitrogen functional groups attached to an aromatic ring is 1. The third kappa shape index (κ3) is 2.61. The van der Waals surface area contributed by atoms with Crippen molar-refractivity contribution >= 4 is 11.9 Å². The molecule has 0 amide bonds. The average Bonchev–Trinajstić information content (AvgIpc) is 2.51. The van der Waals surface area contributed by atoms with E-state index in [0.29, 0.717) is 11.9 Å². The number of aromatic amines is 1. The molecule has 0 spiro atoms. The van der Waals surface area contributed by atoms with Crippen LogP contribution in [0.25, 0.3) is 0 Å². The smallest absolute Gasteiger partial charge is 0.246 e. The molecule has 0 atom stereocenters. The van der Waals surface area contributed by atoms with E-state index in [4.69, 9.17) is 5.73 Å². The molecule has 1 aromatic rings. The molecule has 0 aliphatic carbocycles. The molecule has 0 aliphatic heterocycles. The lowest BCUT2D eigenvalue weighted by atomic mass is 10.4. The van der Waals surface area contributed by atoms with Gasteiger partial charge in [0.05, 0.1) is 0 Å². The van der Waals surface area contributed by atoms with Crippen molar-refractivity contribution < 1.29 is 0 Å². The third-order valence-corrected chi connectivity index (χ3v) is 1.76. The van der Waals surface area contributed by atoms with Gasteiger partial charge >= 0.3 is 0 Å². The van der Waals surface area contributed by atoms with Crippen molar-refractivity contribution in [2.75, 3.05) is 23.7 Å². The number of rotatable bonds is 5. The molecule has 0 bridgehead atoms. The van der Waals surface area contributed by atoms with Gasteiger partial charge in [0.1, 0.15) is 0 Å². The number of nitrogens with zero attached hydrogens (tertiary/aromatic N) is 3. The Labute approximate surface area is 78.3 Å². The number of H-pyrrole nitrogens is 1. The fourth-order valence-electron chi connectivity index (χ4n) is 1.26. The highest BCUT2D eigenvalue weighted by Gasteiger charge is 2.08. The normalized spacial score (nSPS) is 10.3. The highest BCUT2D eigenvalue weighted by atomic mass is 15.4. The second-order valence-electron chi connectivity index (χ2n) is 3.01. The van der Waals surface area contributed by atoms with Crippen molar-refractivity contribution in [3.8, 4) is 0 Å². The van der Waals surface area contributed by atoms with Crippen LogP contribution >= 0.6 is 0 Å². The van der Waals surface area contributed by atoms with E-state index in [1.807, 2.05) is 0 Å². The summed E-state index contributed by atoms with van der Waals surface area (Å²) in [6.45, 7) is 6.23. The van der Waals surface area contributed by atoms with Crippen LogP contribution in [0.2, 0.25) is 0 Å². The summed E-state index contributed by atoms with van der Waals surface area (Å²) in [5.74, 6) is 1.09. The molecule has 1 aromatic heterocycles. The Kier molecular flexibility index (Phi) is 3.54. The highest BCUT2D eigenvalue weighted by Crippen LogP contribution is 2.08. The summed E-state index contributed by atoms with van der Waals surface area (Å²) in [5, 5.41) is 6.66. The van der Waals surface area contributed by atoms with Crippen molar-refractivity contribution in [3.63, 3.8) is 0 Å². The minimum Gasteiger partial charge on any atom is -0.368 e. The molecule has 1 heterocycles. The van der Waals surface area contributed by atoms with Crippen LogP contribution in [0.15, 0.2) is 0 Å². The van der Waals surface area contributed by atoms with Gasteiger partial charge < -0.3 is 10.6 Å². The Hall–Kier alpha value is -1.26. The molecule has 74 valence electrons. The van der Waals surface area contributed by atoms with Gasteiger partial charge in [0, 0.05) is 13.1 Å². The van der Waals surface area contributed by atoms with Gasteiger partial charge in [-0.3, -0.25) is 0 Å². The van der Waals surface area contributed by atoms with Crippen molar-refractivity contribution in [2.24, 2.45) is 0 Å². The first-order chi connectivity index (χ1) is 6.27. The summed E-state index contributed by atoms with van der Waals surface area (Å²) in [6.07, 6.45) is 2.18. The maximum Gasteiger partial charge on any atom is 0.246 e. The number of hydrogen-bond donors (Lipinski definition) is 2. The maximum atomic E-state index is 5.45. The molecule has 0 saturated carbocycles. The molecule has 0 fully saturated rings. The van der Waals surface area contributed by atoms with Gasteiger partial charge in [-0.2, -0.15) is 4.98 Å². The van der Waals surface area contributed by atoms with Gasteiger partial charge in [-0.05, 0) is 12.8 Å². The van der Waals surface area contributed by atoms with Crippen LogP contribution in [-0.2, 0) is 0 Å². The molecular formula is C8H17N5. The summed E-state index contributed by atoms with van der Waals surface area (Å²) in [7, 11) is 0. The topological polar surface area (TPSA) is 70.8 Å². The Bertz CT molecular complexity index is 238. The molecule has 5 nitrogen and oxygen atoms in total. The molecule has 1 rings (SSSR count). The number of nitrogens with one attached hydrogen (secondary N) is 1. The Morgan fingerprint density at radius 2 is 1.92 bits per heavy atom. The SMILES string of the molecule is CCCN(CCC)c1n[nH]c(N)n1. The van der Waals surface area contributed by atoms with E-state index < -0.39 is 0 Å². The lowest BCUT2D eigenvalue weighted by Crippen LogP contribution is -2.25. The molecule has 0 saturated heterocycles. The molecule has 0 aliphatic rings. The number of aromatic nitrogens is 3. The number of nitrogens with two attached hydrogens (primary N) is 1. The van der Waals surface area contributed by atoms with Crippen molar-refractivity contribution in [3.05, 3.63) is 0 Å². The second kappa shape index (κ2) is 4.69. The molecule has 0 aromatic carbocycles. The first-order valence-corrected chi connectivity index (χ1v) is 4.70. The Balaban J connectivity index is 2.63. The summed E-state index contributed by atoms with van der Waals surface area (Å²) >= 11 is 0. The standard InChI is InChI=1S/C8H17N5/c1-3-5-13(6-4-2)8-10-7(9)11-12-8/h3-6H2,1-2H3,(H3,9,10,11,12). The molecule has 0 unspecified atom stereocenters. The van der Waals surface area contributed by atoms with E-state index in [1.54, 1.807) is 0 Å². The highest BCUT2D eigenvalue weighted by molar-refractivity contribution is 5.33. The van der Waals surface area contributed by atoms with E-state index in [-0.39, 0.29) is 0 Å². The van der Waals surface area contributed by atoms with Gasteiger partial charge in [-0.1, -0.05) is 13.8 Å². The zero-order valence-electron chi connectivity index (χ0n) is 8.25. The molecular weight excluding hydrogens is 166 g/mol. The van der Waals surface area contributed by atoms with Crippen LogP contribution in [0.1, 0.15) is 26.7 Å². The zero-order valence-corrected chi connectivity index (χ0v) is 8.25. The van der Waals surface area contributed by atoms with Crippen molar-refractivity contribution in [1.29, 1.82) is 0 Å². The van der Waals surface area contributed by atoms with Crippen LogP contribution in [0.4, 0.5) is 11.9 Å². The average molecular weight is 183 g/mol. The van der Waals surface area contributed by atoms with E-state index >= 15 is 0 Å². The van der Waals surface area contributed by atoms with Gasteiger partial charge in [0.2, 0.25) is 11.9 Å². The van der Waals surface area contributed by atoms with Crippen molar-refractivity contribution in [1.82, 2.24) is 15.2 Å². The minimum absolute atomic E-state index is 0.382. The molecule has 0 radical (unpaired) electrons. The van der Waals surface area contributed by atoms with Crippen LogP contribution in [-0.4, -0.2) is 28.3 Å². The van der Waals surface area contributed by atoms with E-state index in [0.717, 1.165) is 25.9 Å². The van der Waals surface area contributed by atoms with Gasteiger partial charge in [0.25, 0.3) is 0 Å². The summed E-state index contributed by atoms with van der Waals surface area (Å²) < 4.78 is 0. The van der Waals surface area contributed by atoms with Crippen LogP contribution in [0, 0.1) is 0 Å². The number of anilines is 2. The quantitative estimate of drug-likeness (QED) is 0.714. The first kappa shape index (κ1) is 9.83. The van der Waals surface area contributed by atoms with E-state index in [1.165, 1.54) is 0 Å². The Morgan fingerprint density at radius 3 is 2.31 bits per heavy atom. The van der Waals surface area contributed by atoms with Crippen LogP contribution in [0.3, 0.4) is 0 Å². The van der Waals surface area contributed by atoms with Gasteiger partial charge in [-0.15, -0.1) is 5.10 Å². The van der Waals surface area contributed by atoms with E-state index in [9.17, 15) is 0 Å². The fourth-order valence-corrected chi connectivity index (χ4v) is 1.26. The predicted molar refractivity (Wildman–Crippen MR) is 53.6 cm³/mol. The summed E-state index contributed by atoms with van der Waals surface area (Å²) in [5.41, 5.74) is 5.45. The van der Waals surface area contributed by atoms with Crippen LogP contribution in [0.5, 0.6) is 0 Å². The second-order valence-corrected chi connectivity index (χ2v) is 3.01. The number of hydrogen-bond acceptors (Lipinski definition) is 4. The Morgan fingerprint density at radius 1 is 1.31 bits per heavy atom. The molecule has 3 N–H and O–H groups in total. The molecule has 13 heavy (non-hydrogen) atoms. The summed E-state index contributed by atoms with van der Waals surface area (Å²) in [6, 6.07) is 0. The minimum atomic E-state index is 0.382. The molecule has 5 heteroatoms. The summed E-state index contributed by atoms with van der Waals surface area (Å²) in [4.78, 5) is 6.22. The van der Waals surface area contributed by atoms with Crippen molar-refractivity contribution in [2.45, 2.75) is 26.7 Å². The fraction of sp³-hybridized carbons (Fsp3) is 0.750. The van der Waals surface area contributed by atoms with Crippen LogP contribution < -0.4 is 10.6 Å². The van der Waals surface area contributed by atoms with Gasteiger partial charge in [-0.25, -0.2) is 5.10 Å². The lowest BCUT2D eigenvalue weighted by Gasteiger charge is -2.18. The monoisotopic (exact) mass is 183 g/mol. The maximum absolute atomic E-state index is 5.45. The largest absolute Gasteiger partial charge is 0.368 e. The van der Waals surface area contributed by atoms with Gasteiger partial charge in [0.15, 0.2) is 0 Å². The van der Waals surface area contributed by atoms with E-state index in [2.05, 4.69) is 33.9 Å². The third-order valence-electron chi connectivity index (χ3n) is 1.76.